The van der Waals surface area contributed by atoms with Crippen LogP contribution in [0.3, 0.4) is 0 Å². The van der Waals surface area contributed by atoms with E-state index < -0.39 is 0 Å². The molecule has 1 saturated carbocycles. The summed E-state index contributed by atoms with van der Waals surface area (Å²) in [4.78, 5) is 13.6. The third kappa shape index (κ3) is 2.90. The Bertz CT molecular complexity index is 415. The van der Waals surface area contributed by atoms with Crippen LogP contribution >= 0.6 is 0 Å². The maximum absolute atomic E-state index is 11.9. The van der Waals surface area contributed by atoms with E-state index in [2.05, 4.69) is 5.32 Å². The number of hydrogen-bond donors (Lipinski definition) is 2. The summed E-state index contributed by atoms with van der Waals surface area (Å²) in [5.41, 5.74) is 7.53. The van der Waals surface area contributed by atoms with Crippen molar-refractivity contribution < 1.29 is 4.79 Å². The number of carbonyl (C=O) groups excluding carboxylic acids is 1. The van der Waals surface area contributed by atoms with Crippen molar-refractivity contribution in [2.45, 2.75) is 31.8 Å². The number of rotatable bonds is 3. The molecule has 2 rings (SSSR count). The molecule has 0 aliphatic heterocycles. The molecular formula is C13H19N3O. The third-order valence-electron chi connectivity index (χ3n) is 3.20. The lowest BCUT2D eigenvalue weighted by Crippen LogP contribution is -2.39. The molecule has 4 heteroatoms. The summed E-state index contributed by atoms with van der Waals surface area (Å²) in [6, 6.07) is 8.06. The molecule has 0 radical (unpaired) electrons. The number of nitrogens with zero attached hydrogens (tertiary/aromatic N) is 1. The third-order valence-corrected chi connectivity index (χ3v) is 3.20. The highest BCUT2D eigenvalue weighted by atomic mass is 16.2. The fourth-order valence-corrected chi connectivity index (χ4v) is 1.72. The van der Waals surface area contributed by atoms with E-state index in [-0.39, 0.29) is 12.1 Å². The zero-order valence-electron chi connectivity index (χ0n) is 10.3. The van der Waals surface area contributed by atoms with Crippen molar-refractivity contribution in [1.29, 1.82) is 0 Å². The molecule has 1 aliphatic rings. The second-order valence-electron chi connectivity index (χ2n) is 4.68. The van der Waals surface area contributed by atoms with Crippen LogP contribution < -0.4 is 11.1 Å². The number of benzene rings is 1. The Balaban J connectivity index is 2.02. The highest BCUT2D eigenvalue weighted by Crippen LogP contribution is 2.23. The first-order chi connectivity index (χ1) is 8.08. The SMILES string of the molecule is CC(c1cccc(N)c1)N(C)C(=O)NC1CC1. The van der Waals surface area contributed by atoms with Gasteiger partial charge < -0.3 is 16.0 Å². The first-order valence-electron chi connectivity index (χ1n) is 5.96. The second kappa shape index (κ2) is 4.65. The quantitative estimate of drug-likeness (QED) is 0.786. The Morgan fingerprint density at radius 2 is 2.24 bits per heavy atom. The van der Waals surface area contributed by atoms with Gasteiger partial charge >= 0.3 is 6.03 Å². The van der Waals surface area contributed by atoms with Crippen LogP contribution in [0, 0.1) is 0 Å². The molecule has 1 aromatic carbocycles. The molecule has 0 heterocycles. The van der Waals surface area contributed by atoms with Gasteiger partial charge in [-0.05, 0) is 37.5 Å². The highest BCUT2D eigenvalue weighted by Gasteiger charge is 2.26. The molecule has 0 aromatic heterocycles. The Hall–Kier alpha value is -1.71. The van der Waals surface area contributed by atoms with E-state index >= 15 is 0 Å². The van der Waals surface area contributed by atoms with Gasteiger partial charge in [0, 0.05) is 18.8 Å². The van der Waals surface area contributed by atoms with Gasteiger partial charge in [-0.15, -0.1) is 0 Å². The predicted molar refractivity (Wildman–Crippen MR) is 68.6 cm³/mol. The molecule has 17 heavy (non-hydrogen) atoms. The fourth-order valence-electron chi connectivity index (χ4n) is 1.72. The maximum atomic E-state index is 11.9. The lowest BCUT2D eigenvalue weighted by atomic mass is 10.1. The number of nitrogens with two attached hydrogens (primary N) is 1. The number of carbonyl (C=O) groups is 1. The average Bonchev–Trinajstić information content (AvgIpc) is 3.11. The standard InChI is InChI=1S/C13H19N3O/c1-9(10-4-3-5-11(14)8-10)16(2)13(17)15-12-6-7-12/h3-5,8-9,12H,6-7,14H2,1-2H3,(H,15,17). The van der Waals surface area contributed by atoms with E-state index in [1.54, 1.807) is 4.90 Å². The maximum Gasteiger partial charge on any atom is 0.317 e. The lowest BCUT2D eigenvalue weighted by molar-refractivity contribution is 0.194. The molecule has 3 N–H and O–H groups in total. The predicted octanol–water partition coefficient (Wildman–Crippen LogP) is 2.13. The van der Waals surface area contributed by atoms with Crippen molar-refractivity contribution in [1.82, 2.24) is 10.2 Å². The van der Waals surface area contributed by atoms with Crippen molar-refractivity contribution in [2.24, 2.45) is 0 Å². The number of nitrogens with one attached hydrogen (secondary N) is 1. The van der Waals surface area contributed by atoms with Crippen LogP contribution in [-0.2, 0) is 0 Å². The highest BCUT2D eigenvalue weighted by molar-refractivity contribution is 5.75. The summed E-state index contributed by atoms with van der Waals surface area (Å²) in [6.07, 6.45) is 2.21. The molecule has 1 atom stereocenters. The fraction of sp³-hybridized carbons (Fsp3) is 0.462. The van der Waals surface area contributed by atoms with Crippen molar-refractivity contribution in [3.63, 3.8) is 0 Å². The van der Waals surface area contributed by atoms with E-state index in [0.717, 1.165) is 24.1 Å². The second-order valence-corrected chi connectivity index (χ2v) is 4.68. The Morgan fingerprint density at radius 3 is 2.82 bits per heavy atom. The first kappa shape index (κ1) is 11.8. The van der Waals surface area contributed by atoms with E-state index in [0.29, 0.717) is 6.04 Å². The van der Waals surface area contributed by atoms with E-state index in [4.69, 9.17) is 5.73 Å². The molecular weight excluding hydrogens is 214 g/mol. The van der Waals surface area contributed by atoms with Gasteiger partial charge in [-0.1, -0.05) is 12.1 Å². The van der Waals surface area contributed by atoms with Gasteiger partial charge in [0.1, 0.15) is 0 Å². The van der Waals surface area contributed by atoms with Crippen molar-refractivity contribution in [3.8, 4) is 0 Å². The van der Waals surface area contributed by atoms with E-state index in [9.17, 15) is 4.79 Å². The summed E-state index contributed by atoms with van der Waals surface area (Å²) in [5, 5.41) is 2.97. The zero-order valence-corrected chi connectivity index (χ0v) is 10.3. The molecule has 1 fully saturated rings. The zero-order chi connectivity index (χ0) is 12.4. The molecule has 1 aromatic rings. The summed E-state index contributed by atoms with van der Waals surface area (Å²) < 4.78 is 0. The first-order valence-corrected chi connectivity index (χ1v) is 5.96. The number of nitrogen functional groups attached to an aromatic ring is 1. The smallest absolute Gasteiger partial charge is 0.317 e. The Kier molecular flexibility index (Phi) is 3.22. The van der Waals surface area contributed by atoms with E-state index in [1.807, 2.05) is 38.2 Å². The van der Waals surface area contributed by atoms with Crippen LogP contribution in [0.4, 0.5) is 10.5 Å². The van der Waals surface area contributed by atoms with Crippen LogP contribution in [0.2, 0.25) is 0 Å². The normalized spacial score (nSPS) is 16.4. The lowest BCUT2D eigenvalue weighted by Gasteiger charge is -2.25. The van der Waals surface area contributed by atoms with Crippen molar-refractivity contribution >= 4 is 11.7 Å². The molecule has 0 saturated heterocycles. The minimum absolute atomic E-state index is 0.0116. The van der Waals surface area contributed by atoms with E-state index in [1.165, 1.54) is 0 Å². The molecule has 1 unspecified atom stereocenters. The average molecular weight is 233 g/mol. The number of urea groups is 1. The van der Waals surface area contributed by atoms with Crippen LogP contribution in [0.15, 0.2) is 24.3 Å². The molecule has 1 aliphatic carbocycles. The number of hydrogen-bond acceptors (Lipinski definition) is 2. The largest absolute Gasteiger partial charge is 0.399 e. The Labute approximate surface area is 102 Å². The molecule has 0 spiro atoms. The molecule has 2 amide bonds. The number of amides is 2. The van der Waals surface area contributed by atoms with Gasteiger partial charge in [-0.25, -0.2) is 4.79 Å². The van der Waals surface area contributed by atoms with Crippen LogP contribution in [-0.4, -0.2) is 24.0 Å². The van der Waals surface area contributed by atoms with Gasteiger partial charge in [-0.2, -0.15) is 0 Å². The van der Waals surface area contributed by atoms with Crippen LogP contribution in [0.5, 0.6) is 0 Å². The van der Waals surface area contributed by atoms with Crippen molar-refractivity contribution in [2.75, 3.05) is 12.8 Å². The van der Waals surface area contributed by atoms with Crippen LogP contribution in [0.25, 0.3) is 0 Å². The van der Waals surface area contributed by atoms with Crippen LogP contribution in [0.1, 0.15) is 31.4 Å². The number of anilines is 1. The van der Waals surface area contributed by atoms with Gasteiger partial charge in [0.15, 0.2) is 0 Å². The monoisotopic (exact) mass is 233 g/mol. The summed E-state index contributed by atoms with van der Waals surface area (Å²) >= 11 is 0. The molecule has 0 bridgehead atoms. The van der Waals surface area contributed by atoms with Gasteiger partial charge in [0.05, 0.1) is 6.04 Å². The Morgan fingerprint density at radius 1 is 1.53 bits per heavy atom. The summed E-state index contributed by atoms with van der Waals surface area (Å²) in [7, 11) is 1.81. The molecule has 92 valence electrons. The topological polar surface area (TPSA) is 58.4 Å². The van der Waals surface area contributed by atoms with Crippen molar-refractivity contribution in [3.05, 3.63) is 29.8 Å². The summed E-state index contributed by atoms with van der Waals surface area (Å²) in [6.45, 7) is 2.00. The summed E-state index contributed by atoms with van der Waals surface area (Å²) in [5.74, 6) is 0. The van der Waals surface area contributed by atoms with Gasteiger partial charge in [0.2, 0.25) is 0 Å². The van der Waals surface area contributed by atoms with Gasteiger partial charge in [0.25, 0.3) is 0 Å². The minimum Gasteiger partial charge on any atom is -0.399 e. The van der Waals surface area contributed by atoms with Gasteiger partial charge in [-0.3, -0.25) is 0 Å². The molecule has 4 nitrogen and oxygen atoms in total. The minimum atomic E-state index is -0.0116.